The Morgan fingerprint density at radius 2 is 2.15 bits per heavy atom. The molecule has 0 bridgehead atoms. The van der Waals surface area contributed by atoms with Crippen LogP contribution < -0.4 is 5.73 Å². The van der Waals surface area contributed by atoms with Gasteiger partial charge in [0.25, 0.3) is 0 Å². The highest BCUT2D eigenvalue weighted by molar-refractivity contribution is 5.98. The zero-order chi connectivity index (χ0) is 9.42. The summed E-state index contributed by atoms with van der Waals surface area (Å²) in [4.78, 5) is 3.20. The molecule has 0 fully saturated rings. The second-order valence-electron chi connectivity index (χ2n) is 3.17. The van der Waals surface area contributed by atoms with Crippen molar-refractivity contribution >= 4 is 16.7 Å². The fourth-order valence-corrected chi connectivity index (χ4v) is 1.44. The summed E-state index contributed by atoms with van der Waals surface area (Å²) in [5.41, 5.74) is 8.29. The minimum atomic E-state index is 0.106. The molecule has 0 aliphatic carbocycles. The predicted octanol–water partition coefficient (Wildman–Crippen LogP) is 1.76. The lowest BCUT2D eigenvalue weighted by Crippen LogP contribution is -2.10. The molecule has 0 spiro atoms. The number of aromatic amines is 1. The molecule has 0 aliphatic rings. The van der Waals surface area contributed by atoms with Crippen molar-refractivity contribution in [3.8, 4) is 0 Å². The molecule has 0 atom stereocenters. The molecule has 0 saturated heterocycles. The van der Waals surface area contributed by atoms with E-state index in [4.69, 9.17) is 11.1 Å². The fraction of sp³-hybridized carbons (Fsp3) is 0.100. The normalized spacial score (nSPS) is 10.5. The number of hydrogen-bond acceptors (Lipinski definition) is 1. The molecular formula is C10H11N3. The lowest BCUT2D eigenvalue weighted by molar-refractivity contribution is 1.30. The topological polar surface area (TPSA) is 65.7 Å². The summed E-state index contributed by atoms with van der Waals surface area (Å²) in [6.07, 6.45) is 0. The second-order valence-corrected chi connectivity index (χ2v) is 3.17. The molecule has 3 nitrogen and oxygen atoms in total. The number of nitrogens with one attached hydrogen (secondary N) is 2. The van der Waals surface area contributed by atoms with Crippen LogP contribution >= 0.6 is 0 Å². The van der Waals surface area contributed by atoms with Crippen LogP contribution in [0.3, 0.4) is 0 Å². The van der Waals surface area contributed by atoms with Gasteiger partial charge in [-0.2, -0.15) is 0 Å². The molecule has 0 radical (unpaired) electrons. The van der Waals surface area contributed by atoms with E-state index in [0.717, 1.165) is 22.2 Å². The summed E-state index contributed by atoms with van der Waals surface area (Å²) in [6.45, 7) is 2.01. The highest BCUT2D eigenvalue weighted by Crippen LogP contribution is 2.16. The van der Waals surface area contributed by atoms with Crippen molar-refractivity contribution in [1.29, 1.82) is 5.41 Å². The van der Waals surface area contributed by atoms with E-state index < -0.39 is 0 Å². The maximum atomic E-state index is 7.28. The van der Waals surface area contributed by atoms with Crippen molar-refractivity contribution in [2.24, 2.45) is 5.73 Å². The third-order valence-corrected chi connectivity index (χ3v) is 2.07. The minimum absolute atomic E-state index is 0.106. The number of nitrogen functional groups attached to an aromatic ring is 1. The molecule has 13 heavy (non-hydrogen) atoms. The van der Waals surface area contributed by atoms with Crippen LogP contribution in [0.15, 0.2) is 24.3 Å². The number of aromatic nitrogens is 1. The molecular weight excluding hydrogens is 162 g/mol. The second kappa shape index (κ2) is 2.62. The molecule has 0 amide bonds. The van der Waals surface area contributed by atoms with Crippen LogP contribution in [0.2, 0.25) is 0 Å². The SMILES string of the molecule is Cc1cc2ccc(C(=N)N)cc2[nH]1. The Bertz CT molecular complexity index is 468. The summed E-state index contributed by atoms with van der Waals surface area (Å²) in [7, 11) is 0. The van der Waals surface area contributed by atoms with Gasteiger partial charge in [-0.05, 0) is 24.4 Å². The van der Waals surface area contributed by atoms with Crippen LogP contribution in [-0.2, 0) is 0 Å². The number of aryl methyl sites for hydroxylation is 1. The largest absolute Gasteiger partial charge is 0.384 e. The molecule has 0 saturated carbocycles. The summed E-state index contributed by atoms with van der Waals surface area (Å²) < 4.78 is 0. The Labute approximate surface area is 76.1 Å². The first-order valence-corrected chi connectivity index (χ1v) is 4.10. The number of nitrogens with two attached hydrogens (primary N) is 1. The van der Waals surface area contributed by atoms with Crippen LogP contribution in [0.5, 0.6) is 0 Å². The van der Waals surface area contributed by atoms with Crippen LogP contribution in [0.25, 0.3) is 10.9 Å². The van der Waals surface area contributed by atoms with Gasteiger partial charge in [-0.3, -0.25) is 5.41 Å². The lowest BCUT2D eigenvalue weighted by atomic mass is 10.1. The first kappa shape index (κ1) is 7.86. The minimum Gasteiger partial charge on any atom is -0.384 e. The zero-order valence-corrected chi connectivity index (χ0v) is 7.39. The van der Waals surface area contributed by atoms with Gasteiger partial charge in [0, 0.05) is 16.8 Å². The molecule has 4 N–H and O–H groups in total. The van der Waals surface area contributed by atoms with Crippen molar-refractivity contribution in [1.82, 2.24) is 4.98 Å². The average Bonchev–Trinajstić information content (AvgIpc) is 2.42. The maximum absolute atomic E-state index is 7.28. The molecule has 2 rings (SSSR count). The van der Waals surface area contributed by atoms with Gasteiger partial charge in [-0.1, -0.05) is 12.1 Å². The van der Waals surface area contributed by atoms with Gasteiger partial charge in [-0.25, -0.2) is 0 Å². The standard InChI is InChI=1S/C10H11N3/c1-6-4-7-2-3-8(10(11)12)5-9(7)13-6/h2-5,13H,1H3,(H3,11,12). The smallest absolute Gasteiger partial charge is 0.122 e. The van der Waals surface area contributed by atoms with Crippen molar-refractivity contribution in [3.05, 3.63) is 35.5 Å². The van der Waals surface area contributed by atoms with Crippen LogP contribution in [0.1, 0.15) is 11.3 Å². The van der Waals surface area contributed by atoms with Gasteiger partial charge in [0.2, 0.25) is 0 Å². The predicted molar refractivity (Wildman–Crippen MR) is 54.1 cm³/mol. The van der Waals surface area contributed by atoms with E-state index in [2.05, 4.69) is 11.1 Å². The van der Waals surface area contributed by atoms with Crippen molar-refractivity contribution in [2.45, 2.75) is 6.92 Å². The van der Waals surface area contributed by atoms with Crippen LogP contribution in [0.4, 0.5) is 0 Å². The van der Waals surface area contributed by atoms with E-state index in [-0.39, 0.29) is 5.84 Å². The molecule has 1 heterocycles. The number of benzene rings is 1. The summed E-state index contributed by atoms with van der Waals surface area (Å²) in [5.74, 6) is 0.106. The third-order valence-electron chi connectivity index (χ3n) is 2.07. The Morgan fingerprint density at radius 1 is 1.38 bits per heavy atom. The van der Waals surface area contributed by atoms with Gasteiger partial charge in [0.05, 0.1) is 0 Å². The van der Waals surface area contributed by atoms with Crippen molar-refractivity contribution < 1.29 is 0 Å². The summed E-state index contributed by atoms with van der Waals surface area (Å²) >= 11 is 0. The van der Waals surface area contributed by atoms with E-state index in [9.17, 15) is 0 Å². The monoisotopic (exact) mass is 173 g/mol. The Morgan fingerprint density at radius 3 is 2.85 bits per heavy atom. The number of H-pyrrole nitrogens is 1. The zero-order valence-electron chi connectivity index (χ0n) is 7.39. The quantitative estimate of drug-likeness (QED) is 0.446. The van der Waals surface area contributed by atoms with Crippen LogP contribution in [-0.4, -0.2) is 10.8 Å². The maximum Gasteiger partial charge on any atom is 0.122 e. The highest BCUT2D eigenvalue weighted by Gasteiger charge is 2.00. The lowest BCUT2D eigenvalue weighted by Gasteiger charge is -1.96. The van der Waals surface area contributed by atoms with Gasteiger partial charge in [0.15, 0.2) is 0 Å². The molecule has 0 unspecified atom stereocenters. The van der Waals surface area contributed by atoms with Crippen molar-refractivity contribution in [3.63, 3.8) is 0 Å². The molecule has 2 aromatic rings. The number of fused-ring (bicyclic) bond motifs is 1. The molecule has 66 valence electrons. The summed E-state index contributed by atoms with van der Waals surface area (Å²) in [5, 5.41) is 8.44. The fourth-order valence-electron chi connectivity index (χ4n) is 1.44. The number of amidine groups is 1. The highest BCUT2D eigenvalue weighted by atomic mass is 14.7. The Hall–Kier alpha value is -1.77. The molecule has 1 aromatic heterocycles. The first-order valence-electron chi connectivity index (χ1n) is 4.10. The summed E-state index contributed by atoms with van der Waals surface area (Å²) in [6, 6.07) is 7.79. The van der Waals surface area contributed by atoms with Gasteiger partial charge in [0.1, 0.15) is 5.84 Å². The van der Waals surface area contributed by atoms with E-state index in [1.54, 1.807) is 0 Å². The van der Waals surface area contributed by atoms with Gasteiger partial charge in [-0.15, -0.1) is 0 Å². The number of hydrogen-bond donors (Lipinski definition) is 3. The van der Waals surface area contributed by atoms with E-state index in [0.29, 0.717) is 0 Å². The Kier molecular flexibility index (Phi) is 1.59. The van der Waals surface area contributed by atoms with Crippen LogP contribution in [0, 0.1) is 12.3 Å². The molecule has 0 aliphatic heterocycles. The average molecular weight is 173 g/mol. The van der Waals surface area contributed by atoms with E-state index in [1.807, 2.05) is 25.1 Å². The van der Waals surface area contributed by atoms with E-state index >= 15 is 0 Å². The van der Waals surface area contributed by atoms with Gasteiger partial charge < -0.3 is 10.7 Å². The third kappa shape index (κ3) is 1.28. The first-order chi connectivity index (χ1) is 6.16. The van der Waals surface area contributed by atoms with E-state index in [1.165, 1.54) is 0 Å². The Balaban J connectivity index is 2.67. The van der Waals surface area contributed by atoms with Crippen molar-refractivity contribution in [2.75, 3.05) is 0 Å². The molecule has 1 aromatic carbocycles. The van der Waals surface area contributed by atoms with Gasteiger partial charge >= 0.3 is 0 Å². The molecule has 3 heteroatoms. The number of rotatable bonds is 1.